The summed E-state index contributed by atoms with van der Waals surface area (Å²) in [4.78, 5) is 38.2. The van der Waals surface area contributed by atoms with E-state index in [0.717, 1.165) is 5.56 Å². The molecule has 2 aromatic rings. The van der Waals surface area contributed by atoms with E-state index in [9.17, 15) is 19.5 Å². The molecule has 0 atom stereocenters. The molecule has 2 aromatic carbocycles. The van der Waals surface area contributed by atoms with Crippen LogP contribution in [0.15, 0.2) is 36.4 Å². The monoisotopic (exact) mass is 428 g/mol. The van der Waals surface area contributed by atoms with Gasteiger partial charge in [0.15, 0.2) is 12.4 Å². The number of phenolic OH excluding ortho intramolecular Hbond substituents is 1. The van der Waals surface area contributed by atoms with Gasteiger partial charge >= 0.3 is 5.97 Å². The Bertz CT molecular complexity index is 1040. The number of ether oxygens (including phenoxy) is 2. The van der Waals surface area contributed by atoms with Crippen molar-refractivity contribution in [1.82, 2.24) is 4.90 Å². The molecule has 0 bridgehead atoms. The highest BCUT2D eigenvalue weighted by Crippen LogP contribution is 2.27. The maximum Gasteiger partial charge on any atom is 0.344 e. The molecule has 3 N–H and O–H groups in total. The smallest absolute Gasteiger partial charge is 0.344 e. The molecule has 1 amide bonds. The summed E-state index contributed by atoms with van der Waals surface area (Å²) in [6.45, 7) is 1.65. The minimum atomic E-state index is -0.539. The Labute approximate surface area is 178 Å². The van der Waals surface area contributed by atoms with Gasteiger partial charge in [-0.3, -0.25) is 9.59 Å². The Morgan fingerprint density at radius 2 is 2.00 bits per heavy atom. The van der Waals surface area contributed by atoms with Gasteiger partial charge in [-0.05, 0) is 36.8 Å². The molecule has 3 rings (SSSR count). The van der Waals surface area contributed by atoms with E-state index in [0.29, 0.717) is 11.1 Å². The third-order valence-electron chi connectivity index (χ3n) is 4.53. The fourth-order valence-electron chi connectivity index (χ4n) is 3.10. The van der Waals surface area contributed by atoms with E-state index in [1.165, 1.54) is 23.1 Å². The lowest BCUT2D eigenvalue weighted by atomic mass is 10.1. The number of hydrogen-bond acceptors (Lipinski definition) is 7. The molecule has 0 aromatic heterocycles. The standard InChI is InChI=1S/C21H20N2O6S/c1-2-28-19(26)11-29-14-4-6-16(17(24)8-14)18(25)10-23-9-13-7-12(20(22)30)3-5-15(13)21(23)27/h3-8,24H,2,9-11H2,1H3,(H2,22,30). The van der Waals surface area contributed by atoms with Crippen molar-refractivity contribution >= 4 is 34.9 Å². The highest BCUT2D eigenvalue weighted by Gasteiger charge is 2.30. The summed E-state index contributed by atoms with van der Waals surface area (Å²) in [5.74, 6) is -1.34. The number of amides is 1. The molecule has 0 unspecified atom stereocenters. The Balaban J connectivity index is 1.66. The largest absolute Gasteiger partial charge is 0.507 e. The number of hydrogen-bond donors (Lipinski definition) is 2. The van der Waals surface area contributed by atoms with Crippen LogP contribution in [-0.4, -0.2) is 52.4 Å². The van der Waals surface area contributed by atoms with Gasteiger partial charge in [0.05, 0.1) is 18.7 Å². The van der Waals surface area contributed by atoms with Gasteiger partial charge in [0, 0.05) is 23.7 Å². The second-order valence-corrected chi connectivity index (χ2v) is 7.03. The van der Waals surface area contributed by atoms with Crippen LogP contribution in [0.5, 0.6) is 11.5 Å². The number of fused-ring (bicyclic) bond motifs is 1. The minimum absolute atomic E-state index is 0.0473. The van der Waals surface area contributed by atoms with Crippen LogP contribution in [0.25, 0.3) is 0 Å². The second-order valence-electron chi connectivity index (χ2n) is 6.59. The number of carbonyl (C=O) groups excluding carboxylic acids is 3. The minimum Gasteiger partial charge on any atom is -0.507 e. The van der Waals surface area contributed by atoms with E-state index in [1.54, 1.807) is 25.1 Å². The van der Waals surface area contributed by atoms with E-state index in [1.807, 2.05) is 0 Å². The van der Waals surface area contributed by atoms with Gasteiger partial charge in [0.2, 0.25) is 0 Å². The van der Waals surface area contributed by atoms with E-state index < -0.39 is 11.8 Å². The molecule has 1 aliphatic heterocycles. The average Bonchev–Trinajstić information content (AvgIpc) is 3.01. The van der Waals surface area contributed by atoms with Crippen molar-refractivity contribution in [2.45, 2.75) is 13.5 Å². The summed E-state index contributed by atoms with van der Waals surface area (Å²) in [5.41, 5.74) is 7.57. The topological polar surface area (TPSA) is 119 Å². The van der Waals surface area contributed by atoms with Crippen molar-refractivity contribution in [3.8, 4) is 11.5 Å². The summed E-state index contributed by atoms with van der Waals surface area (Å²) in [6.07, 6.45) is 0. The number of phenols is 1. The lowest BCUT2D eigenvalue weighted by molar-refractivity contribution is -0.145. The van der Waals surface area contributed by atoms with Crippen molar-refractivity contribution in [3.63, 3.8) is 0 Å². The zero-order valence-electron chi connectivity index (χ0n) is 16.2. The normalized spacial score (nSPS) is 12.4. The van der Waals surface area contributed by atoms with Gasteiger partial charge in [0.1, 0.15) is 16.5 Å². The number of esters is 1. The Hall–Kier alpha value is -3.46. The quantitative estimate of drug-likeness (QED) is 0.371. The lowest BCUT2D eigenvalue weighted by Crippen LogP contribution is -2.30. The number of Topliss-reactive ketones (excluding diaryl/α,β-unsaturated/α-hetero) is 1. The number of benzene rings is 2. The molecule has 0 spiro atoms. The maximum absolute atomic E-state index is 12.6. The molecule has 0 aliphatic carbocycles. The first-order chi connectivity index (χ1) is 14.3. The first-order valence-electron chi connectivity index (χ1n) is 9.16. The number of thiocarbonyl (C=S) groups is 1. The molecule has 1 aliphatic rings. The molecule has 8 nitrogen and oxygen atoms in total. The van der Waals surface area contributed by atoms with Crippen LogP contribution in [0, 0.1) is 0 Å². The molecule has 1 heterocycles. The number of rotatable bonds is 8. The Morgan fingerprint density at radius 1 is 1.23 bits per heavy atom. The van der Waals surface area contributed by atoms with Crippen molar-refractivity contribution in [1.29, 1.82) is 0 Å². The van der Waals surface area contributed by atoms with E-state index >= 15 is 0 Å². The van der Waals surface area contributed by atoms with Gasteiger partial charge < -0.3 is 25.2 Å². The van der Waals surface area contributed by atoms with Gasteiger partial charge in [-0.2, -0.15) is 0 Å². The zero-order valence-corrected chi connectivity index (χ0v) is 17.0. The second kappa shape index (κ2) is 8.91. The third kappa shape index (κ3) is 4.57. The molecule has 0 saturated carbocycles. The number of aromatic hydroxyl groups is 1. The number of nitrogens with two attached hydrogens (primary N) is 1. The molecule has 0 radical (unpaired) electrons. The van der Waals surface area contributed by atoms with Crippen LogP contribution in [-0.2, 0) is 16.1 Å². The van der Waals surface area contributed by atoms with Crippen LogP contribution >= 0.6 is 12.2 Å². The van der Waals surface area contributed by atoms with Crippen LogP contribution < -0.4 is 10.5 Å². The zero-order chi connectivity index (χ0) is 21.8. The van der Waals surface area contributed by atoms with Gasteiger partial charge in [-0.15, -0.1) is 0 Å². The molecular formula is C21H20N2O6S. The fourth-order valence-corrected chi connectivity index (χ4v) is 3.23. The summed E-state index contributed by atoms with van der Waals surface area (Å²) >= 11 is 4.96. The van der Waals surface area contributed by atoms with Crippen LogP contribution in [0.1, 0.15) is 38.8 Å². The summed E-state index contributed by atoms with van der Waals surface area (Å²) in [7, 11) is 0. The number of nitrogens with zero attached hydrogens (tertiary/aromatic N) is 1. The van der Waals surface area contributed by atoms with Crippen molar-refractivity contribution in [2.75, 3.05) is 19.8 Å². The number of ketones is 1. The highest BCUT2D eigenvalue weighted by atomic mass is 32.1. The molecule has 0 fully saturated rings. The van der Waals surface area contributed by atoms with Crippen LogP contribution in [0.2, 0.25) is 0 Å². The van der Waals surface area contributed by atoms with Crippen molar-refractivity contribution < 1.29 is 29.0 Å². The van der Waals surface area contributed by atoms with E-state index in [4.69, 9.17) is 27.4 Å². The molecule has 9 heteroatoms. The fraction of sp³-hybridized carbons (Fsp3) is 0.238. The van der Waals surface area contributed by atoms with E-state index in [-0.39, 0.29) is 54.3 Å². The predicted molar refractivity (Wildman–Crippen MR) is 112 cm³/mol. The summed E-state index contributed by atoms with van der Waals surface area (Å²) in [5, 5.41) is 10.2. The third-order valence-corrected chi connectivity index (χ3v) is 4.77. The molecule has 156 valence electrons. The summed E-state index contributed by atoms with van der Waals surface area (Å²) < 4.78 is 9.98. The molecule has 30 heavy (non-hydrogen) atoms. The first kappa shape index (κ1) is 21.3. The molecule has 0 saturated heterocycles. The highest BCUT2D eigenvalue weighted by molar-refractivity contribution is 7.80. The van der Waals surface area contributed by atoms with E-state index in [2.05, 4.69) is 0 Å². The lowest BCUT2D eigenvalue weighted by Gasteiger charge is -2.15. The Kier molecular flexibility index (Phi) is 6.31. The number of carbonyl (C=O) groups is 3. The molecular weight excluding hydrogens is 408 g/mol. The van der Waals surface area contributed by atoms with Gasteiger partial charge in [-0.25, -0.2) is 4.79 Å². The van der Waals surface area contributed by atoms with Gasteiger partial charge in [-0.1, -0.05) is 18.3 Å². The summed E-state index contributed by atoms with van der Waals surface area (Å²) in [6, 6.07) is 9.14. The Morgan fingerprint density at radius 3 is 2.67 bits per heavy atom. The first-order valence-corrected chi connectivity index (χ1v) is 9.57. The predicted octanol–water partition coefficient (Wildman–Crippen LogP) is 1.81. The average molecular weight is 428 g/mol. The SMILES string of the molecule is CCOC(=O)COc1ccc(C(=O)CN2Cc3cc(C(N)=S)ccc3C2=O)c(O)c1. The van der Waals surface area contributed by atoms with Crippen LogP contribution in [0.3, 0.4) is 0 Å². The maximum atomic E-state index is 12.6. The van der Waals surface area contributed by atoms with Crippen LogP contribution in [0.4, 0.5) is 0 Å². The van der Waals surface area contributed by atoms with Crippen molar-refractivity contribution in [2.24, 2.45) is 5.73 Å². The van der Waals surface area contributed by atoms with Crippen molar-refractivity contribution in [3.05, 3.63) is 58.7 Å². The van der Waals surface area contributed by atoms with Gasteiger partial charge in [0.25, 0.3) is 5.91 Å².